The van der Waals surface area contributed by atoms with E-state index in [1.165, 1.54) is 24.5 Å². The number of esters is 1. The average molecular weight is 430 g/mol. The number of ether oxygens (including phenoxy) is 1. The smallest absolute Gasteiger partial charge is 0.333 e. The van der Waals surface area contributed by atoms with Crippen molar-refractivity contribution in [3.63, 3.8) is 0 Å². The van der Waals surface area contributed by atoms with Crippen molar-refractivity contribution in [1.29, 1.82) is 0 Å². The predicted molar refractivity (Wildman–Crippen MR) is 109 cm³/mol. The molecule has 7 nitrogen and oxygen atoms in total. The van der Waals surface area contributed by atoms with E-state index in [-0.39, 0.29) is 34.5 Å². The molecular weight excluding hydrogens is 411 g/mol. The van der Waals surface area contributed by atoms with Gasteiger partial charge in [0.15, 0.2) is 0 Å². The minimum absolute atomic E-state index is 0.163. The first-order valence-electron chi connectivity index (χ1n) is 9.11. The van der Waals surface area contributed by atoms with Gasteiger partial charge in [0.05, 0.1) is 30.0 Å². The van der Waals surface area contributed by atoms with Gasteiger partial charge < -0.3 is 14.5 Å². The minimum Gasteiger partial charge on any atom is -0.467 e. The second-order valence-electron chi connectivity index (χ2n) is 6.11. The summed E-state index contributed by atoms with van der Waals surface area (Å²) < 4.78 is 25.6. The summed E-state index contributed by atoms with van der Waals surface area (Å²) in [6.07, 6.45) is 4.03. The van der Waals surface area contributed by atoms with Crippen LogP contribution in [0.25, 0.3) is 12.2 Å². The average Bonchev–Trinajstić information content (AvgIpc) is 3.33. The maximum Gasteiger partial charge on any atom is 0.333 e. The molecule has 0 saturated heterocycles. The van der Waals surface area contributed by atoms with Crippen molar-refractivity contribution in [2.75, 3.05) is 6.61 Å². The molecule has 30 heavy (non-hydrogen) atoms. The van der Waals surface area contributed by atoms with Crippen LogP contribution in [0.3, 0.4) is 0 Å². The molecule has 3 aromatic rings. The molecule has 0 unspecified atom stereocenters. The molecule has 156 valence electrons. The van der Waals surface area contributed by atoms with Gasteiger partial charge in [-0.1, -0.05) is 18.2 Å². The Hall–Kier alpha value is -3.46. The zero-order valence-corrected chi connectivity index (χ0v) is 16.9. The van der Waals surface area contributed by atoms with Crippen molar-refractivity contribution < 1.29 is 23.1 Å². The molecule has 0 radical (unpaired) electrons. The molecule has 9 heteroatoms. The Bertz CT molecular complexity index is 1210. The summed E-state index contributed by atoms with van der Waals surface area (Å²) in [7, 11) is 0. The number of hydrogen-bond acceptors (Lipinski definition) is 6. The van der Waals surface area contributed by atoms with Crippen LogP contribution in [-0.4, -0.2) is 23.1 Å². The quantitative estimate of drug-likeness (QED) is 0.568. The first-order valence-corrected chi connectivity index (χ1v) is 9.93. The van der Waals surface area contributed by atoms with Crippen molar-refractivity contribution in [2.24, 2.45) is 0 Å². The number of carbonyl (C=O) groups is 2. The Morgan fingerprint density at radius 1 is 1.27 bits per heavy atom. The molecule has 0 saturated carbocycles. The van der Waals surface area contributed by atoms with Crippen LogP contribution in [-0.2, 0) is 27.4 Å². The molecule has 0 aliphatic carbocycles. The van der Waals surface area contributed by atoms with E-state index >= 15 is 0 Å². The highest BCUT2D eigenvalue weighted by molar-refractivity contribution is 7.07. The van der Waals surface area contributed by atoms with Crippen LogP contribution in [0, 0.1) is 5.82 Å². The normalized spacial score (nSPS) is 12.2. The summed E-state index contributed by atoms with van der Waals surface area (Å²) in [6, 6.07) is 9.41. The highest BCUT2D eigenvalue weighted by atomic mass is 32.1. The summed E-state index contributed by atoms with van der Waals surface area (Å²) in [4.78, 5) is 37.1. The number of nitrogens with one attached hydrogen (secondary N) is 1. The molecular formula is C21H19FN2O5S. The molecule has 3 rings (SSSR count). The fourth-order valence-electron chi connectivity index (χ4n) is 2.61. The first kappa shape index (κ1) is 21.3. The highest BCUT2D eigenvalue weighted by Gasteiger charge is 2.12. The Morgan fingerprint density at radius 3 is 2.77 bits per heavy atom. The Balaban J connectivity index is 1.96. The van der Waals surface area contributed by atoms with Gasteiger partial charge in [-0.15, -0.1) is 11.3 Å². The Morgan fingerprint density at radius 2 is 2.07 bits per heavy atom. The van der Waals surface area contributed by atoms with E-state index in [1.54, 1.807) is 31.2 Å². The maximum atomic E-state index is 14.0. The third kappa shape index (κ3) is 5.32. The van der Waals surface area contributed by atoms with E-state index in [0.29, 0.717) is 5.76 Å². The number of hydrogen-bond donors (Lipinski definition) is 1. The fourth-order valence-corrected chi connectivity index (χ4v) is 3.63. The second kappa shape index (κ2) is 9.84. The van der Waals surface area contributed by atoms with Crippen molar-refractivity contribution in [1.82, 2.24) is 9.88 Å². The Labute approximate surface area is 174 Å². The van der Waals surface area contributed by atoms with Crippen LogP contribution >= 0.6 is 11.3 Å². The summed E-state index contributed by atoms with van der Waals surface area (Å²) >= 11 is 0.975. The molecule has 0 aliphatic rings. The molecule has 0 atom stereocenters. The van der Waals surface area contributed by atoms with Crippen molar-refractivity contribution in [2.45, 2.75) is 20.0 Å². The molecule has 0 bridgehead atoms. The van der Waals surface area contributed by atoms with Gasteiger partial charge in [-0.25, -0.2) is 9.18 Å². The zero-order valence-electron chi connectivity index (χ0n) is 16.1. The van der Waals surface area contributed by atoms with Gasteiger partial charge in [-0.05, 0) is 31.2 Å². The number of rotatable bonds is 7. The monoisotopic (exact) mass is 430 g/mol. The lowest BCUT2D eigenvalue weighted by Crippen LogP contribution is -2.38. The lowest BCUT2D eigenvalue weighted by atomic mass is 10.2. The van der Waals surface area contributed by atoms with Crippen LogP contribution in [0.2, 0.25) is 0 Å². The molecule has 1 amide bonds. The van der Waals surface area contributed by atoms with Crippen LogP contribution in [0.5, 0.6) is 0 Å². The van der Waals surface area contributed by atoms with E-state index < -0.39 is 23.3 Å². The molecule has 0 spiro atoms. The molecule has 2 heterocycles. The van der Waals surface area contributed by atoms with E-state index in [1.807, 2.05) is 0 Å². The molecule has 1 N–H and O–H groups in total. The zero-order chi connectivity index (χ0) is 21.5. The topological polar surface area (TPSA) is 90.5 Å². The number of halogens is 1. The Kier molecular flexibility index (Phi) is 6.97. The lowest BCUT2D eigenvalue weighted by Gasteiger charge is -2.04. The summed E-state index contributed by atoms with van der Waals surface area (Å²) in [6.45, 7) is 1.68. The number of furan rings is 1. The summed E-state index contributed by atoms with van der Waals surface area (Å²) in [5.74, 6) is -1.000. The van der Waals surface area contributed by atoms with Crippen molar-refractivity contribution in [3.05, 3.63) is 79.4 Å². The van der Waals surface area contributed by atoms with Crippen molar-refractivity contribution >= 4 is 35.4 Å². The summed E-state index contributed by atoms with van der Waals surface area (Å²) in [5.41, 5.74) is -0.278. The standard InChI is InChI=1S/C21H19FN2O5S/c1-2-28-20(26)11-19-24(13-18(25)23-12-15-7-5-9-29-15)21(27)17(30-19)10-14-6-3-4-8-16(14)22/h3-11H,2,12-13H2,1H3,(H,23,25)/b17-10-,19-11-. The van der Waals surface area contributed by atoms with Crippen LogP contribution in [0.15, 0.2) is 51.9 Å². The van der Waals surface area contributed by atoms with Gasteiger partial charge in [0.1, 0.15) is 22.8 Å². The maximum absolute atomic E-state index is 14.0. The second-order valence-corrected chi connectivity index (χ2v) is 7.18. The van der Waals surface area contributed by atoms with Crippen molar-refractivity contribution in [3.8, 4) is 0 Å². The van der Waals surface area contributed by atoms with Crippen LogP contribution in [0.1, 0.15) is 18.2 Å². The molecule has 1 aromatic carbocycles. The lowest BCUT2D eigenvalue weighted by molar-refractivity contribution is -0.135. The minimum atomic E-state index is -0.638. The van der Waals surface area contributed by atoms with E-state index in [9.17, 15) is 18.8 Å². The van der Waals surface area contributed by atoms with Gasteiger partial charge in [0.25, 0.3) is 5.56 Å². The highest BCUT2D eigenvalue weighted by Crippen LogP contribution is 2.06. The molecule has 2 aromatic heterocycles. The number of thiazole rings is 1. The van der Waals surface area contributed by atoms with Gasteiger partial charge in [-0.2, -0.15) is 0 Å². The third-order valence-electron chi connectivity index (χ3n) is 4.00. The first-order chi connectivity index (χ1) is 14.5. The SMILES string of the molecule is CCOC(=O)/C=c1\s/c(=C\c2ccccc2F)c(=O)n1CC(=O)NCc1ccco1. The van der Waals surface area contributed by atoms with Gasteiger partial charge >= 0.3 is 5.97 Å². The summed E-state index contributed by atoms with van der Waals surface area (Å²) in [5, 5.41) is 2.65. The number of benzene rings is 1. The molecule has 0 aliphatic heterocycles. The number of amides is 1. The predicted octanol–water partition coefficient (Wildman–Crippen LogP) is 1.13. The van der Waals surface area contributed by atoms with Gasteiger partial charge in [0, 0.05) is 5.56 Å². The van der Waals surface area contributed by atoms with Crippen LogP contribution < -0.4 is 20.1 Å². The third-order valence-corrected chi connectivity index (χ3v) is 5.06. The van der Waals surface area contributed by atoms with Gasteiger partial charge in [-0.3, -0.25) is 14.2 Å². The largest absolute Gasteiger partial charge is 0.467 e. The number of nitrogens with zero attached hydrogens (tertiary/aromatic N) is 1. The van der Waals surface area contributed by atoms with E-state index in [4.69, 9.17) is 9.15 Å². The van der Waals surface area contributed by atoms with Crippen LogP contribution in [0.4, 0.5) is 4.39 Å². The number of carbonyl (C=O) groups excluding carboxylic acids is 2. The van der Waals surface area contributed by atoms with E-state index in [0.717, 1.165) is 22.0 Å². The van der Waals surface area contributed by atoms with Gasteiger partial charge in [0.2, 0.25) is 5.91 Å². The number of aromatic nitrogens is 1. The fraction of sp³-hybridized carbons (Fsp3) is 0.190. The van der Waals surface area contributed by atoms with E-state index in [2.05, 4.69) is 5.32 Å². The molecule has 0 fully saturated rings.